The van der Waals surface area contributed by atoms with Gasteiger partial charge in [0, 0.05) is 44.4 Å². The zero-order chi connectivity index (χ0) is 31.0. The van der Waals surface area contributed by atoms with Crippen molar-refractivity contribution in [1.82, 2.24) is 15.0 Å². The molecule has 0 spiro atoms. The van der Waals surface area contributed by atoms with Crippen LogP contribution in [0.25, 0.3) is 22.6 Å². The van der Waals surface area contributed by atoms with Gasteiger partial charge in [-0.3, -0.25) is 0 Å². The molecule has 1 unspecified atom stereocenters. The second-order valence-corrected chi connectivity index (χ2v) is 11.3. The van der Waals surface area contributed by atoms with Gasteiger partial charge in [-0.05, 0) is 74.8 Å². The first-order valence-electron chi connectivity index (χ1n) is 16.3. The summed E-state index contributed by atoms with van der Waals surface area (Å²) in [5, 5.41) is 0. The zero-order valence-electron chi connectivity index (χ0n) is 26.2. The Morgan fingerprint density at radius 2 is 1.34 bits per heavy atom. The lowest BCUT2D eigenvalue weighted by atomic mass is 10.0. The number of unbranched alkanes of at least 4 members (excludes halogenated alkanes) is 6. The molecule has 7 nitrogen and oxygen atoms in total. The van der Waals surface area contributed by atoms with E-state index < -0.39 is 12.0 Å². The molecule has 44 heavy (non-hydrogen) atoms. The second kappa shape index (κ2) is 18.0. The molecule has 0 saturated carbocycles. The van der Waals surface area contributed by atoms with E-state index in [9.17, 15) is 0 Å². The number of alkyl halides is 2. The van der Waals surface area contributed by atoms with Crippen LogP contribution >= 0.6 is 0 Å². The zero-order valence-corrected chi connectivity index (χ0v) is 26.2. The predicted molar refractivity (Wildman–Crippen MR) is 168 cm³/mol. The van der Waals surface area contributed by atoms with E-state index in [0.29, 0.717) is 19.6 Å². The van der Waals surface area contributed by atoms with Gasteiger partial charge >= 0.3 is 5.92 Å². The van der Waals surface area contributed by atoms with Crippen molar-refractivity contribution in [1.29, 1.82) is 0 Å². The molecule has 0 aliphatic carbocycles. The number of pyridine rings is 1. The topological polar surface area (TPSA) is 75.6 Å². The third-order valence-electron chi connectivity index (χ3n) is 7.66. The molecule has 0 bridgehead atoms. The molecule has 2 aromatic heterocycles. The first kappa shape index (κ1) is 33.7. The van der Waals surface area contributed by atoms with Gasteiger partial charge in [-0.2, -0.15) is 8.78 Å². The fourth-order valence-electron chi connectivity index (χ4n) is 4.99. The lowest BCUT2D eigenvalue weighted by Crippen LogP contribution is -2.30. The summed E-state index contributed by atoms with van der Waals surface area (Å²) >= 11 is 0. The van der Waals surface area contributed by atoms with E-state index in [2.05, 4.69) is 28.8 Å². The molecule has 4 rings (SSSR count). The number of benzene rings is 1. The van der Waals surface area contributed by atoms with Gasteiger partial charge in [-0.25, -0.2) is 15.0 Å². The van der Waals surface area contributed by atoms with Crippen LogP contribution in [0, 0.1) is 0 Å². The molecule has 1 atom stereocenters. The van der Waals surface area contributed by atoms with Crippen molar-refractivity contribution in [2.75, 3.05) is 33.0 Å². The van der Waals surface area contributed by atoms with Crippen molar-refractivity contribution >= 4 is 0 Å². The highest BCUT2D eigenvalue weighted by molar-refractivity contribution is 5.64. The van der Waals surface area contributed by atoms with E-state index in [1.165, 1.54) is 19.3 Å². The molecule has 1 aromatic carbocycles. The van der Waals surface area contributed by atoms with Gasteiger partial charge in [0.2, 0.25) is 0 Å². The molecule has 0 fully saturated rings. The third-order valence-corrected chi connectivity index (χ3v) is 7.66. The minimum atomic E-state index is -3.18. The maximum atomic E-state index is 15.3. The molecule has 3 heterocycles. The van der Waals surface area contributed by atoms with E-state index in [-0.39, 0.29) is 29.4 Å². The maximum Gasteiger partial charge on any atom is 0.329 e. The number of hydrogen-bond acceptors (Lipinski definition) is 7. The molecule has 0 amide bonds. The summed E-state index contributed by atoms with van der Waals surface area (Å²) in [4.78, 5) is 13.1. The molecule has 0 N–H and O–H groups in total. The number of hydrogen-bond donors (Lipinski definition) is 0. The van der Waals surface area contributed by atoms with Gasteiger partial charge in [0.15, 0.2) is 17.6 Å². The van der Waals surface area contributed by atoms with Crippen molar-refractivity contribution in [2.24, 2.45) is 0 Å². The summed E-state index contributed by atoms with van der Waals surface area (Å²) in [5.74, 6) is -1.98. The summed E-state index contributed by atoms with van der Waals surface area (Å²) in [6, 6.07) is 10.9. The summed E-state index contributed by atoms with van der Waals surface area (Å²) in [5.41, 5.74) is 1.68. The number of halogens is 2. The Bertz CT molecular complexity index is 1240. The van der Waals surface area contributed by atoms with Crippen molar-refractivity contribution in [2.45, 2.75) is 96.5 Å². The fraction of sp³-hybridized carbons (Fsp3) is 0.571. The van der Waals surface area contributed by atoms with Crippen LogP contribution in [-0.2, 0) is 15.4 Å². The lowest BCUT2D eigenvalue weighted by Gasteiger charge is -2.17. The fourth-order valence-corrected chi connectivity index (χ4v) is 4.99. The molecule has 0 saturated heterocycles. The van der Waals surface area contributed by atoms with Crippen LogP contribution < -0.4 is 9.47 Å². The average molecular weight is 612 g/mol. The number of aromatic nitrogens is 3. The molecule has 9 heteroatoms. The normalized spacial score (nSPS) is 15.2. The highest BCUT2D eigenvalue weighted by Gasteiger charge is 2.52. The standard InChI is InChI=1S/C35H47F2N3O4/c1-3-5-7-9-21-42-22-10-8-13-32-35(36,37)33-31(44-32)19-18-30(40-33)34-38-25-28(26-39-34)27-14-16-29(17-15-27)43-24-12-11-23-41-20-6-4-2/h14-19,25-26,32H,3-13,20-24H2,1-2H3. The minimum Gasteiger partial charge on any atom is -0.494 e. The Morgan fingerprint density at radius 1 is 0.705 bits per heavy atom. The van der Waals surface area contributed by atoms with Crippen LogP contribution in [0.3, 0.4) is 0 Å². The number of ether oxygens (including phenoxy) is 4. The van der Waals surface area contributed by atoms with Crippen LogP contribution in [0.5, 0.6) is 11.5 Å². The Kier molecular flexibility index (Phi) is 13.8. The average Bonchev–Trinajstić information content (AvgIpc) is 3.30. The summed E-state index contributed by atoms with van der Waals surface area (Å²) in [6.45, 7) is 7.88. The van der Waals surface area contributed by atoms with E-state index >= 15 is 8.78 Å². The highest BCUT2D eigenvalue weighted by Crippen LogP contribution is 2.46. The van der Waals surface area contributed by atoms with Crippen molar-refractivity contribution in [3.8, 4) is 34.1 Å². The van der Waals surface area contributed by atoms with Gasteiger partial charge < -0.3 is 18.9 Å². The van der Waals surface area contributed by atoms with E-state index in [1.807, 2.05) is 24.3 Å². The Morgan fingerprint density at radius 3 is 2.05 bits per heavy atom. The van der Waals surface area contributed by atoms with Gasteiger partial charge in [-0.15, -0.1) is 0 Å². The van der Waals surface area contributed by atoms with Crippen molar-refractivity contribution in [3.63, 3.8) is 0 Å². The lowest BCUT2D eigenvalue weighted by molar-refractivity contribution is -0.0821. The van der Waals surface area contributed by atoms with E-state index in [4.69, 9.17) is 18.9 Å². The van der Waals surface area contributed by atoms with Crippen molar-refractivity contribution in [3.05, 3.63) is 54.5 Å². The van der Waals surface area contributed by atoms with Crippen LogP contribution in [0.4, 0.5) is 8.78 Å². The highest BCUT2D eigenvalue weighted by atomic mass is 19.3. The largest absolute Gasteiger partial charge is 0.494 e. The SMILES string of the molecule is CCCCCCOCCCCC1Oc2ccc(-c3ncc(-c4ccc(OCCCCOCCCC)cc4)cn3)nc2C1(F)F. The van der Waals surface area contributed by atoms with E-state index in [0.717, 1.165) is 75.2 Å². The minimum absolute atomic E-state index is 0.121. The van der Waals surface area contributed by atoms with Crippen LogP contribution in [0.2, 0.25) is 0 Å². The van der Waals surface area contributed by atoms with Crippen molar-refractivity contribution < 1.29 is 27.7 Å². The molecule has 3 aromatic rings. The Labute approximate surface area is 260 Å². The van der Waals surface area contributed by atoms with Crippen LogP contribution in [0.15, 0.2) is 48.8 Å². The van der Waals surface area contributed by atoms with Crippen LogP contribution in [-0.4, -0.2) is 54.1 Å². The smallest absolute Gasteiger partial charge is 0.329 e. The molecule has 1 aliphatic heterocycles. The Balaban J connectivity index is 1.24. The number of fused-ring (bicyclic) bond motifs is 1. The molecule has 0 radical (unpaired) electrons. The number of rotatable bonds is 21. The van der Waals surface area contributed by atoms with Gasteiger partial charge in [0.25, 0.3) is 0 Å². The predicted octanol–water partition coefficient (Wildman–Crippen LogP) is 8.80. The first-order valence-corrected chi connectivity index (χ1v) is 16.3. The molecular formula is C35H47F2N3O4. The van der Waals surface area contributed by atoms with Crippen LogP contribution in [0.1, 0.15) is 90.2 Å². The Hall–Kier alpha value is -3.17. The summed E-state index contributed by atoms with van der Waals surface area (Å²) in [7, 11) is 0. The first-order chi connectivity index (χ1) is 21.5. The van der Waals surface area contributed by atoms with Gasteiger partial charge in [0.05, 0.1) is 6.61 Å². The maximum absolute atomic E-state index is 15.3. The third kappa shape index (κ3) is 9.92. The quantitative estimate of drug-likeness (QED) is 0.111. The summed E-state index contributed by atoms with van der Waals surface area (Å²) < 4.78 is 53.2. The molecule has 1 aliphatic rings. The van der Waals surface area contributed by atoms with E-state index in [1.54, 1.807) is 24.5 Å². The second-order valence-electron chi connectivity index (χ2n) is 11.3. The number of nitrogens with zero attached hydrogens (tertiary/aromatic N) is 3. The molecular weight excluding hydrogens is 564 g/mol. The monoisotopic (exact) mass is 611 g/mol. The summed E-state index contributed by atoms with van der Waals surface area (Å²) in [6.07, 6.45) is 12.5. The van der Waals surface area contributed by atoms with Gasteiger partial charge in [0.1, 0.15) is 17.2 Å². The van der Waals surface area contributed by atoms with Gasteiger partial charge in [-0.1, -0.05) is 51.7 Å². The molecule has 240 valence electrons.